The number of unbranched alkanes of at least 4 members (excludes halogenated alkanes) is 1. The minimum atomic E-state index is -2.21. The lowest BCUT2D eigenvalue weighted by Crippen LogP contribution is -2.24. The van der Waals surface area contributed by atoms with Crippen LogP contribution >= 0.6 is 0 Å². The Morgan fingerprint density at radius 2 is 0.813 bits per heavy atom. The van der Waals surface area contributed by atoms with E-state index in [0.717, 1.165) is 108 Å². The molecule has 2 atom stereocenters. The third kappa shape index (κ3) is 182. The molecule has 0 aliphatic heterocycles. The van der Waals surface area contributed by atoms with Gasteiger partial charge in [0.1, 0.15) is 0 Å². The average Bonchev–Trinajstić information content (AvgIpc) is 0.878. The van der Waals surface area contributed by atoms with Crippen LogP contribution in [-0.4, -0.2) is 162 Å². The standard InChI is InChI=1S/2C9H18O2.C8H16O2.3C8H18O.C7H14O2.C7H16O2.2C7H16O.2C6H14O/c1-7(2)6-11-8(10)9(3,4)5;1-4-5-9(10)11-7-6-8(2)3;1-4-8(9)10-6-5-7(2)3;1-7(2)5-8(3,4)6-9;1-7(2)5-6-8(3,4)9;1-8(2)6-4-5-7-9-3;1-6(2)4-5-9-7(3)8;1-7(2)3-5-9-6-4-8;1-6(2)4-7(3)5-8;1-7(2)5-4-6-8-3;1-6(2)4-5-7-3;1-5(2)4-6(3)7/h7H,6H2,1-5H3;8H,4-7H2,1-3H3;7H,4-6H2,1-3H3;2*7,9H,5-6H2,1-4H3;8H,4-7H2,1-3H3;6H,4-5H2,1-3H3;7-8H,3-6H2,1-2H3;6-8H,4-5H2,1-3H3;7H,4-6H2,1-3H3;6H,4-5H2,1-3H3;5-7H,4H2,1-3H3/i;;;;;;;;;;3D3;. The molecule has 0 aromatic heterocycles. The number of carbonyl (C=O) groups is 4. The molecule has 0 aromatic carbocycles. The number of rotatable bonds is 42. The molecule has 0 fully saturated rings. The Balaban J connectivity index is -0.0000000954. The first-order chi connectivity index (χ1) is 50.2. The van der Waals surface area contributed by atoms with Crippen LogP contribution in [0, 0.1) is 87.8 Å². The van der Waals surface area contributed by atoms with Gasteiger partial charge in [-0.1, -0.05) is 214 Å². The number of ether oxygens (including phenoxy) is 8. The summed E-state index contributed by atoms with van der Waals surface area (Å²) >= 11 is 0. The van der Waals surface area contributed by atoms with Crippen LogP contribution in [0.5, 0.6) is 0 Å². The fourth-order valence-corrected chi connectivity index (χ4v) is 7.68. The van der Waals surface area contributed by atoms with Gasteiger partial charge in [-0.3, -0.25) is 19.2 Å². The molecule has 0 bridgehead atoms. The number of aliphatic hydroxyl groups excluding tert-OH is 4. The van der Waals surface area contributed by atoms with Crippen LogP contribution in [0.15, 0.2) is 0 Å². The molecule has 0 heterocycles. The predicted molar refractivity (Wildman–Crippen MR) is 460 cm³/mol. The van der Waals surface area contributed by atoms with Crippen LogP contribution in [0.2, 0.25) is 0 Å². The van der Waals surface area contributed by atoms with Crippen molar-refractivity contribution in [1.82, 2.24) is 0 Å². The van der Waals surface area contributed by atoms with Gasteiger partial charge in [-0.15, -0.1) is 0 Å². The van der Waals surface area contributed by atoms with E-state index in [1.54, 1.807) is 21.1 Å². The summed E-state index contributed by atoms with van der Waals surface area (Å²) < 4.78 is 59.0. The first kappa shape index (κ1) is 123. The summed E-state index contributed by atoms with van der Waals surface area (Å²) in [5, 5.41) is 43.7. The van der Waals surface area contributed by atoms with E-state index in [9.17, 15) is 24.3 Å². The quantitative estimate of drug-likeness (QED) is 0.0217. The Labute approximate surface area is 672 Å². The van der Waals surface area contributed by atoms with E-state index in [1.165, 1.54) is 39.0 Å². The van der Waals surface area contributed by atoms with Gasteiger partial charge in [0.05, 0.1) is 60.9 Å². The highest BCUT2D eigenvalue weighted by molar-refractivity contribution is 5.75. The summed E-state index contributed by atoms with van der Waals surface area (Å²) in [5.41, 5.74) is -0.715. The van der Waals surface area contributed by atoms with Gasteiger partial charge in [-0.2, -0.15) is 0 Å². The number of hydrogen-bond acceptors (Lipinski definition) is 17. The van der Waals surface area contributed by atoms with Crippen LogP contribution in [0.1, 0.15) is 369 Å². The Morgan fingerprint density at radius 3 is 1.08 bits per heavy atom. The zero-order valence-electron chi connectivity index (χ0n) is 81.4. The van der Waals surface area contributed by atoms with Gasteiger partial charge in [-0.05, 0) is 214 Å². The van der Waals surface area contributed by atoms with E-state index < -0.39 is 12.6 Å². The maximum Gasteiger partial charge on any atom is 0.311 e. The molecule has 0 saturated carbocycles. The summed E-state index contributed by atoms with van der Waals surface area (Å²) in [5.74, 6) is 7.89. The lowest BCUT2D eigenvalue weighted by Gasteiger charge is -2.23. The van der Waals surface area contributed by atoms with Crippen molar-refractivity contribution in [2.24, 2.45) is 87.8 Å². The van der Waals surface area contributed by atoms with Crippen molar-refractivity contribution in [3.05, 3.63) is 0 Å². The molecule has 0 spiro atoms. The van der Waals surface area contributed by atoms with Crippen molar-refractivity contribution < 1.29 is 86.7 Å². The third-order valence-electron chi connectivity index (χ3n) is 13.9. The van der Waals surface area contributed by atoms with E-state index in [-0.39, 0.29) is 47.4 Å². The van der Waals surface area contributed by atoms with Crippen LogP contribution in [0.3, 0.4) is 0 Å². The Morgan fingerprint density at radius 1 is 0.421 bits per heavy atom. The Hall–Kier alpha value is -2.48. The number of esters is 4. The van der Waals surface area contributed by atoms with Gasteiger partial charge in [0.25, 0.3) is 0 Å². The van der Waals surface area contributed by atoms with Crippen LogP contribution in [-0.2, 0) is 57.1 Å². The molecular formula is C90H196O17. The molecule has 0 saturated heterocycles. The SMILES string of the molecule is CC(=O)OCCC(C)C.CC(C)CC(C)(C)CO.CC(C)CC(C)CO.CC(C)CC(C)O.CC(C)CCC(C)(C)O.CC(C)CCOCCO.CC(C)COC(=O)C(C)(C)C.CCC(=O)OCCC(C)C.CCCC(=O)OCCC(C)C.COCCCC(C)C.COCCCCC(C)C.[2H]C([2H])([2H])OCCC(C)C. The molecule has 5 N–H and O–H groups in total. The van der Waals surface area contributed by atoms with Crippen molar-refractivity contribution in [1.29, 1.82) is 0 Å². The Kier molecular flexibility index (Phi) is 108. The fourth-order valence-electron chi connectivity index (χ4n) is 7.68. The molecular weight excluding hydrogens is 1350 g/mol. The summed E-state index contributed by atoms with van der Waals surface area (Å²) in [6.07, 6.45) is 18.1. The molecule has 0 amide bonds. The van der Waals surface area contributed by atoms with Crippen molar-refractivity contribution >= 4 is 23.9 Å². The lowest BCUT2D eigenvalue weighted by molar-refractivity contribution is -0.154. The van der Waals surface area contributed by atoms with Crippen LogP contribution in [0.4, 0.5) is 0 Å². The zero-order chi connectivity index (χ0) is 89.3. The minimum absolute atomic E-state index is 0.0619. The number of methoxy groups -OCH3 is 3. The molecule has 0 aliphatic rings. The second kappa shape index (κ2) is 94.1. The molecule has 17 nitrogen and oxygen atoms in total. The van der Waals surface area contributed by atoms with Crippen LogP contribution < -0.4 is 0 Å². The molecule has 0 aliphatic carbocycles. The monoisotopic (exact) mass is 1550 g/mol. The lowest BCUT2D eigenvalue weighted by atomic mass is 9.85. The van der Waals surface area contributed by atoms with Crippen molar-refractivity contribution in [2.45, 2.75) is 377 Å². The first-order valence-corrected chi connectivity index (χ1v) is 41.7. The van der Waals surface area contributed by atoms with E-state index >= 15 is 0 Å². The van der Waals surface area contributed by atoms with Gasteiger partial charge >= 0.3 is 23.9 Å². The molecule has 107 heavy (non-hydrogen) atoms. The van der Waals surface area contributed by atoms with E-state index in [2.05, 4.69) is 164 Å². The van der Waals surface area contributed by atoms with Gasteiger partial charge < -0.3 is 63.4 Å². The van der Waals surface area contributed by atoms with Gasteiger partial charge in [-0.25, -0.2) is 0 Å². The first-order valence-electron chi connectivity index (χ1n) is 43.2. The highest BCUT2D eigenvalue weighted by Crippen LogP contribution is 2.24. The second-order valence-electron chi connectivity index (χ2n) is 35.7. The largest absolute Gasteiger partial charge is 0.466 e. The molecule has 658 valence electrons. The van der Waals surface area contributed by atoms with Gasteiger partial charge in [0.2, 0.25) is 0 Å². The highest BCUT2D eigenvalue weighted by Gasteiger charge is 2.23. The molecule has 0 aromatic rings. The summed E-state index contributed by atoms with van der Waals surface area (Å²) in [6, 6.07) is 0. The molecule has 0 rings (SSSR count). The van der Waals surface area contributed by atoms with Gasteiger partial charge in [0.15, 0.2) is 0 Å². The second-order valence-corrected chi connectivity index (χ2v) is 35.7. The minimum Gasteiger partial charge on any atom is -0.466 e. The fraction of sp³-hybridized carbons (Fsp3) is 0.956. The summed E-state index contributed by atoms with van der Waals surface area (Å²) in [6.45, 7) is 80.3. The van der Waals surface area contributed by atoms with E-state index in [4.69, 9.17) is 57.7 Å². The molecule has 0 radical (unpaired) electrons. The Bertz CT molecular complexity index is 1780. The third-order valence-corrected chi connectivity index (χ3v) is 13.9. The highest BCUT2D eigenvalue weighted by atomic mass is 16.5. The smallest absolute Gasteiger partial charge is 0.311 e. The van der Waals surface area contributed by atoms with E-state index in [1.807, 2.05) is 76.2 Å². The number of hydrogen-bond donors (Lipinski definition) is 5. The molecule has 17 heteroatoms. The van der Waals surface area contributed by atoms with Crippen molar-refractivity contribution in [3.8, 4) is 0 Å². The summed E-state index contributed by atoms with van der Waals surface area (Å²) in [4.78, 5) is 42.7. The maximum absolute atomic E-state index is 11.1. The zero-order valence-corrected chi connectivity index (χ0v) is 78.4. The van der Waals surface area contributed by atoms with Crippen molar-refractivity contribution in [2.75, 3.05) is 101 Å². The number of carbonyl (C=O) groups excluding carboxylic acids is 4. The van der Waals surface area contributed by atoms with Crippen LogP contribution in [0.25, 0.3) is 0 Å². The normalized spacial score (nSPS) is 12.0. The van der Waals surface area contributed by atoms with E-state index in [0.29, 0.717) is 125 Å². The maximum atomic E-state index is 11.1. The van der Waals surface area contributed by atoms with Crippen molar-refractivity contribution in [3.63, 3.8) is 0 Å². The molecule has 2 unspecified atom stereocenters. The summed E-state index contributed by atoms with van der Waals surface area (Å²) in [7, 11) is 1.30. The van der Waals surface area contributed by atoms with Gasteiger partial charge in [0, 0.05) is 80.7 Å². The number of aliphatic hydroxyl groups is 5. The topological polar surface area (TPSA) is 243 Å². The predicted octanol–water partition coefficient (Wildman–Crippen LogP) is 22.8. The average molecular weight is 1550 g/mol.